The minimum absolute atomic E-state index is 0.158. The van der Waals surface area contributed by atoms with Crippen molar-refractivity contribution in [1.82, 2.24) is 0 Å². The number of hydrogen-bond acceptors (Lipinski definition) is 6. The number of rotatable bonds is 14. The molecule has 2 rings (SSSR count). The molecule has 39 heavy (non-hydrogen) atoms. The largest absolute Gasteiger partial charge is 0.299 e. The van der Waals surface area contributed by atoms with Crippen molar-refractivity contribution in [2.24, 2.45) is 16.2 Å². The molecular weight excluding hydrogens is 492 g/mol. The van der Waals surface area contributed by atoms with Crippen LogP contribution in [0, 0.1) is 16.2 Å². The Morgan fingerprint density at radius 2 is 0.718 bits per heavy atom. The van der Waals surface area contributed by atoms with E-state index in [-0.39, 0.29) is 60.4 Å². The lowest BCUT2D eigenvalue weighted by molar-refractivity contribution is -0.139. The van der Waals surface area contributed by atoms with Crippen LogP contribution in [0.2, 0.25) is 0 Å². The molecule has 0 aliphatic carbocycles. The SMILES string of the molecule is CC(=O)C(C)(Cc1cccc(CC(Cc2cccc(CC(C)(C(C)=O)C(C)=O)c2)(C(C)=O)C(C)=O)c1)C(C)=O. The summed E-state index contributed by atoms with van der Waals surface area (Å²) in [6.07, 6.45) is 0.772. The van der Waals surface area contributed by atoms with E-state index in [2.05, 4.69) is 0 Å². The van der Waals surface area contributed by atoms with E-state index in [0.717, 1.165) is 22.3 Å². The summed E-state index contributed by atoms with van der Waals surface area (Å²) < 4.78 is 0. The summed E-state index contributed by atoms with van der Waals surface area (Å²) >= 11 is 0. The lowest BCUT2D eigenvalue weighted by Crippen LogP contribution is -2.41. The van der Waals surface area contributed by atoms with Crippen molar-refractivity contribution >= 4 is 34.7 Å². The lowest BCUT2D eigenvalue weighted by Gasteiger charge is -2.30. The second-order valence-corrected chi connectivity index (χ2v) is 11.4. The highest BCUT2D eigenvalue weighted by molar-refractivity contribution is 6.06. The van der Waals surface area contributed by atoms with Crippen LogP contribution in [0.4, 0.5) is 0 Å². The summed E-state index contributed by atoms with van der Waals surface area (Å²) in [5.74, 6) is -1.39. The number of carbonyl (C=O) groups excluding carboxylic acids is 6. The molecule has 6 heteroatoms. The Bertz CT molecular complexity index is 1190. The van der Waals surface area contributed by atoms with Crippen molar-refractivity contribution < 1.29 is 28.8 Å². The van der Waals surface area contributed by atoms with E-state index in [4.69, 9.17) is 0 Å². The van der Waals surface area contributed by atoms with Crippen LogP contribution in [0.1, 0.15) is 77.6 Å². The average molecular weight is 533 g/mol. The first-order valence-corrected chi connectivity index (χ1v) is 13.2. The van der Waals surface area contributed by atoms with Gasteiger partial charge in [-0.05, 0) is 103 Å². The fourth-order valence-electron chi connectivity index (χ4n) is 5.01. The molecule has 0 bridgehead atoms. The van der Waals surface area contributed by atoms with E-state index in [1.807, 2.05) is 36.4 Å². The van der Waals surface area contributed by atoms with E-state index in [1.165, 1.54) is 41.5 Å². The van der Waals surface area contributed by atoms with Crippen molar-refractivity contribution in [3.05, 3.63) is 70.8 Å². The highest BCUT2D eigenvalue weighted by atomic mass is 16.2. The molecule has 0 fully saturated rings. The monoisotopic (exact) mass is 532 g/mol. The van der Waals surface area contributed by atoms with Crippen LogP contribution in [-0.2, 0) is 54.5 Å². The molecule has 208 valence electrons. The molecule has 0 radical (unpaired) electrons. The molecule has 0 saturated carbocycles. The fourth-order valence-corrected chi connectivity index (χ4v) is 5.01. The van der Waals surface area contributed by atoms with E-state index in [1.54, 1.807) is 26.0 Å². The Morgan fingerprint density at radius 1 is 0.462 bits per heavy atom. The topological polar surface area (TPSA) is 102 Å². The van der Waals surface area contributed by atoms with E-state index >= 15 is 0 Å². The van der Waals surface area contributed by atoms with Crippen molar-refractivity contribution in [2.75, 3.05) is 0 Å². The third kappa shape index (κ3) is 6.92. The van der Waals surface area contributed by atoms with Gasteiger partial charge >= 0.3 is 0 Å². The maximum atomic E-state index is 13.1. The van der Waals surface area contributed by atoms with E-state index < -0.39 is 16.2 Å². The molecule has 0 N–H and O–H groups in total. The van der Waals surface area contributed by atoms with Crippen LogP contribution >= 0.6 is 0 Å². The molecule has 0 unspecified atom stereocenters. The molecule has 0 saturated heterocycles. The van der Waals surface area contributed by atoms with Gasteiger partial charge in [0.15, 0.2) is 0 Å². The quantitative estimate of drug-likeness (QED) is 0.314. The molecule has 0 amide bonds. The van der Waals surface area contributed by atoms with Gasteiger partial charge in [0.05, 0.1) is 16.2 Å². The van der Waals surface area contributed by atoms with E-state index in [0.29, 0.717) is 0 Å². The Morgan fingerprint density at radius 3 is 0.949 bits per heavy atom. The second-order valence-electron chi connectivity index (χ2n) is 11.4. The first-order chi connectivity index (χ1) is 18.0. The number of benzene rings is 2. The molecule has 2 aromatic carbocycles. The maximum Gasteiger partial charge on any atom is 0.144 e. The minimum Gasteiger partial charge on any atom is -0.299 e. The average Bonchev–Trinajstić information content (AvgIpc) is 2.83. The van der Waals surface area contributed by atoms with Gasteiger partial charge in [0.1, 0.15) is 34.7 Å². The molecule has 2 aromatic rings. The zero-order valence-electron chi connectivity index (χ0n) is 24.4. The summed E-state index contributed by atoms with van der Waals surface area (Å²) in [6.45, 7) is 11.7. The Labute approximate surface area is 231 Å². The van der Waals surface area contributed by atoms with Crippen molar-refractivity contribution in [1.29, 1.82) is 0 Å². The number of hydrogen-bond donors (Lipinski definition) is 0. The van der Waals surface area contributed by atoms with Crippen LogP contribution < -0.4 is 0 Å². The smallest absolute Gasteiger partial charge is 0.144 e. The Kier molecular flexibility index (Phi) is 9.83. The van der Waals surface area contributed by atoms with Gasteiger partial charge in [-0.3, -0.25) is 28.8 Å². The van der Waals surface area contributed by atoms with Crippen LogP contribution in [0.5, 0.6) is 0 Å². The van der Waals surface area contributed by atoms with Crippen molar-refractivity contribution in [2.45, 2.75) is 81.1 Å². The van der Waals surface area contributed by atoms with Crippen molar-refractivity contribution in [3.63, 3.8) is 0 Å². The molecule has 6 nitrogen and oxygen atoms in total. The third-order valence-corrected chi connectivity index (χ3v) is 8.57. The fraction of sp³-hybridized carbons (Fsp3) is 0.455. The van der Waals surface area contributed by atoms with Gasteiger partial charge in [0.25, 0.3) is 0 Å². The second kappa shape index (κ2) is 12.1. The Balaban J connectivity index is 2.46. The van der Waals surface area contributed by atoms with Gasteiger partial charge in [-0.2, -0.15) is 0 Å². The maximum absolute atomic E-state index is 13.1. The lowest BCUT2D eigenvalue weighted by atomic mass is 9.70. The zero-order chi connectivity index (χ0) is 29.8. The minimum atomic E-state index is -1.33. The van der Waals surface area contributed by atoms with Gasteiger partial charge < -0.3 is 0 Å². The van der Waals surface area contributed by atoms with E-state index in [9.17, 15) is 28.8 Å². The molecular formula is C33H40O6. The summed E-state index contributed by atoms with van der Waals surface area (Å²) in [4.78, 5) is 75.2. The summed E-state index contributed by atoms with van der Waals surface area (Å²) in [6, 6.07) is 14.7. The number of carbonyl (C=O) groups is 6. The highest BCUT2D eigenvalue weighted by Gasteiger charge is 2.41. The van der Waals surface area contributed by atoms with Gasteiger partial charge in [-0.25, -0.2) is 0 Å². The van der Waals surface area contributed by atoms with Crippen LogP contribution in [0.25, 0.3) is 0 Å². The highest BCUT2D eigenvalue weighted by Crippen LogP contribution is 2.33. The number of Topliss-reactive ketones (excluding diaryl/α,β-unsaturated/α-hetero) is 6. The summed E-state index contributed by atoms with van der Waals surface area (Å²) in [5, 5.41) is 0. The Hall–Kier alpha value is -3.54. The summed E-state index contributed by atoms with van der Waals surface area (Å²) in [5.41, 5.74) is -0.565. The zero-order valence-corrected chi connectivity index (χ0v) is 24.4. The standard InChI is InChI=1S/C33H40O6/c1-21(34)31(7,22(2)35)17-27-11-9-13-29(15-27)19-33(25(5)38,26(6)39)20-30-14-10-12-28(16-30)18-32(8,23(3)36)24(4)37/h9-16H,17-20H2,1-8H3. The normalized spacial score (nSPS) is 12.1. The first-order valence-electron chi connectivity index (χ1n) is 13.2. The van der Waals surface area contributed by atoms with Crippen LogP contribution in [0.3, 0.4) is 0 Å². The number of ketones is 6. The van der Waals surface area contributed by atoms with Gasteiger partial charge in [0.2, 0.25) is 0 Å². The van der Waals surface area contributed by atoms with Gasteiger partial charge in [0, 0.05) is 0 Å². The predicted molar refractivity (Wildman–Crippen MR) is 150 cm³/mol. The molecule has 0 spiro atoms. The molecule has 0 atom stereocenters. The van der Waals surface area contributed by atoms with Crippen molar-refractivity contribution in [3.8, 4) is 0 Å². The molecule has 0 heterocycles. The first kappa shape index (κ1) is 31.7. The predicted octanol–water partition coefficient (Wildman–Crippen LogP) is 5.09. The van der Waals surface area contributed by atoms with Gasteiger partial charge in [-0.1, -0.05) is 48.5 Å². The summed E-state index contributed by atoms with van der Waals surface area (Å²) in [7, 11) is 0. The molecule has 0 aliphatic heterocycles. The van der Waals surface area contributed by atoms with Crippen LogP contribution in [-0.4, -0.2) is 34.7 Å². The van der Waals surface area contributed by atoms with Gasteiger partial charge in [-0.15, -0.1) is 0 Å². The van der Waals surface area contributed by atoms with Crippen LogP contribution in [0.15, 0.2) is 48.5 Å². The molecule has 0 aliphatic rings. The third-order valence-electron chi connectivity index (χ3n) is 8.57. The molecule has 0 aromatic heterocycles.